The van der Waals surface area contributed by atoms with Gasteiger partial charge in [-0.3, -0.25) is 4.79 Å². The third kappa shape index (κ3) is 4.50. The monoisotopic (exact) mass is 546 g/mol. The van der Waals surface area contributed by atoms with Gasteiger partial charge in [-0.05, 0) is 23.3 Å². The Kier molecular flexibility index (Phi) is 6.35. The maximum Gasteiger partial charge on any atom is 0.435 e. The second kappa shape index (κ2) is 10.0. The number of aromatic nitrogens is 4. The first kappa shape index (κ1) is 25.4. The summed E-state index contributed by atoms with van der Waals surface area (Å²) in [6.07, 6.45) is -4.83. The first-order valence-electron chi connectivity index (χ1n) is 12.2. The fraction of sp³-hybridized carbons (Fsp3) is 0.138. The summed E-state index contributed by atoms with van der Waals surface area (Å²) in [4.78, 5) is 21.3. The Morgan fingerprint density at radius 1 is 0.925 bits per heavy atom. The standard InChI is InChI=1S/C29H21F3N4O4/c1-38-20-13-8-14-21-24(20)34-27(40-21)23-19(16-39-15-17-9-4-2-5-10-17)33-26-22(18-11-6-3-7-12-18)25(29(30,31)32)35-36(26)28(23)37/h2-14,33H,15-16H2,1H3. The van der Waals surface area contributed by atoms with Crippen LogP contribution in [0, 0.1) is 0 Å². The van der Waals surface area contributed by atoms with E-state index in [-0.39, 0.29) is 47.1 Å². The molecule has 6 aromatic rings. The summed E-state index contributed by atoms with van der Waals surface area (Å²) < 4.78 is 60.4. The highest BCUT2D eigenvalue weighted by molar-refractivity contribution is 5.84. The van der Waals surface area contributed by atoms with E-state index < -0.39 is 17.4 Å². The van der Waals surface area contributed by atoms with Crippen molar-refractivity contribution in [3.8, 4) is 28.3 Å². The average Bonchev–Trinajstić information content (AvgIpc) is 3.56. The summed E-state index contributed by atoms with van der Waals surface area (Å²) in [5.41, 5.74) is -0.504. The van der Waals surface area contributed by atoms with Crippen molar-refractivity contribution in [2.75, 3.05) is 7.11 Å². The third-order valence-corrected chi connectivity index (χ3v) is 6.37. The number of halogens is 3. The number of ether oxygens (including phenoxy) is 2. The SMILES string of the molecule is COc1cccc2oc(-c3c(COCc4ccccc4)[nH]c4c(-c5ccccc5)c(C(F)(F)F)nn4c3=O)nc12. The highest BCUT2D eigenvalue weighted by Gasteiger charge is 2.39. The summed E-state index contributed by atoms with van der Waals surface area (Å²) >= 11 is 0. The lowest BCUT2D eigenvalue weighted by molar-refractivity contribution is -0.140. The molecule has 0 aliphatic rings. The quantitative estimate of drug-likeness (QED) is 0.255. The summed E-state index contributed by atoms with van der Waals surface area (Å²) in [7, 11) is 1.47. The van der Waals surface area contributed by atoms with Crippen LogP contribution in [0.5, 0.6) is 5.75 Å². The van der Waals surface area contributed by atoms with Crippen molar-refractivity contribution >= 4 is 16.7 Å². The van der Waals surface area contributed by atoms with Crippen LogP contribution in [-0.2, 0) is 24.1 Å². The molecular weight excluding hydrogens is 525 g/mol. The number of aromatic amines is 1. The number of benzene rings is 3. The number of fused-ring (bicyclic) bond motifs is 2. The van der Waals surface area contributed by atoms with E-state index in [1.54, 1.807) is 36.4 Å². The van der Waals surface area contributed by atoms with Crippen molar-refractivity contribution < 1.29 is 27.1 Å². The number of hydrogen-bond donors (Lipinski definition) is 1. The first-order chi connectivity index (χ1) is 19.3. The number of rotatable bonds is 7. The minimum atomic E-state index is -4.83. The van der Waals surface area contributed by atoms with Crippen molar-refractivity contribution in [3.63, 3.8) is 0 Å². The zero-order chi connectivity index (χ0) is 27.9. The second-order valence-electron chi connectivity index (χ2n) is 8.94. The van der Waals surface area contributed by atoms with Gasteiger partial charge in [0, 0.05) is 0 Å². The van der Waals surface area contributed by atoms with Gasteiger partial charge >= 0.3 is 6.18 Å². The predicted molar refractivity (Wildman–Crippen MR) is 141 cm³/mol. The molecule has 0 aliphatic carbocycles. The molecule has 6 rings (SSSR count). The maximum atomic E-state index is 14.2. The minimum absolute atomic E-state index is 0.102. The van der Waals surface area contributed by atoms with Crippen LogP contribution in [0.1, 0.15) is 17.0 Å². The van der Waals surface area contributed by atoms with E-state index in [1.807, 2.05) is 30.3 Å². The van der Waals surface area contributed by atoms with Crippen LogP contribution in [0.3, 0.4) is 0 Å². The first-order valence-corrected chi connectivity index (χ1v) is 12.2. The molecule has 0 spiro atoms. The van der Waals surface area contributed by atoms with Crippen LogP contribution in [0.4, 0.5) is 13.2 Å². The van der Waals surface area contributed by atoms with E-state index in [4.69, 9.17) is 13.9 Å². The Morgan fingerprint density at radius 2 is 1.65 bits per heavy atom. The van der Waals surface area contributed by atoms with Crippen LogP contribution in [0.25, 0.3) is 39.3 Å². The molecule has 0 unspecified atom stereocenters. The highest BCUT2D eigenvalue weighted by atomic mass is 19.4. The van der Waals surface area contributed by atoms with Gasteiger partial charge < -0.3 is 18.9 Å². The molecule has 1 N–H and O–H groups in total. The van der Waals surface area contributed by atoms with Crippen molar-refractivity contribution in [2.24, 2.45) is 0 Å². The summed E-state index contributed by atoms with van der Waals surface area (Å²) in [5, 5.41) is 3.72. The molecule has 0 atom stereocenters. The molecule has 0 radical (unpaired) electrons. The zero-order valence-electron chi connectivity index (χ0n) is 21.0. The molecule has 40 heavy (non-hydrogen) atoms. The van der Waals surface area contributed by atoms with Gasteiger partial charge in [0.05, 0.1) is 31.6 Å². The van der Waals surface area contributed by atoms with Crippen LogP contribution < -0.4 is 10.3 Å². The van der Waals surface area contributed by atoms with Crippen molar-refractivity contribution in [2.45, 2.75) is 19.4 Å². The van der Waals surface area contributed by atoms with Gasteiger partial charge in [-0.15, -0.1) is 0 Å². The third-order valence-electron chi connectivity index (χ3n) is 6.37. The molecule has 8 nitrogen and oxygen atoms in total. The predicted octanol–water partition coefficient (Wildman–Crippen LogP) is 6.24. The van der Waals surface area contributed by atoms with Crippen molar-refractivity contribution in [1.29, 1.82) is 0 Å². The fourth-order valence-electron chi connectivity index (χ4n) is 4.57. The Labute approximate surface area is 224 Å². The Hall–Kier alpha value is -4.90. The normalized spacial score (nSPS) is 11.9. The van der Waals surface area contributed by atoms with E-state index >= 15 is 0 Å². The Bertz CT molecular complexity index is 1880. The molecule has 0 saturated heterocycles. The Morgan fingerprint density at radius 3 is 2.35 bits per heavy atom. The minimum Gasteiger partial charge on any atom is -0.494 e. The molecule has 3 heterocycles. The summed E-state index contributed by atoms with van der Waals surface area (Å²) in [6, 6.07) is 22.3. The molecule has 3 aromatic heterocycles. The molecule has 0 amide bonds. The van der Waals surface area contributed by atoms with Gasteiger partial charge in [-0.25, -0.2) is 4.98 Å². The average molecular weight is 547 g/mol. The lowest BCUT2D eigenvalue weighted by Crippen LogP contribution is -2.21. The van der Waals surface area contributed by atoms with E-state index in [1.165, 1.54) is 19.2 Å². The zero-order valence-corrected chi connectivity index (χ0v) is 21.0. The van der Waals surface area contributed by atoms with Crippen LogP contribution in [0.2, 0.25) is 0 Å². The number of nitrogens with zero attached hydrogens (tertiary/aromatic N) is 3. The molecule has 0 fully saturated rings. The summed E-state index contributed by atoms with van der Waals surface area (Å²) in [6.45, 7) is 0.0556. The lowest BCUT2D eigenvalue weighted by atomic mass is 10.1. The number of methoxy groups -OCH3 is 1. The lowest BCUT2D eigenvalue weighted by Gasteiger charge is -2.10. The van der Waals surface area contributed by atoms with Gasteiger partial charge in [-0.1, -0.05) is 66.7 Å². The number of para-hydroxylation sites is 1. The molecule has 0 saturated carbocycles. The molecule has 11 heteroatoms. The largest absolute Gasteiger partial charge is 0.494 e. The number of hydrogen-bond acceptors (Lipinski definition) is 6. The fourth-order valence-corrected chi connectivity index (χ4v) is 4.57. The second-order valence-corrected chi connectivity index (χ2v) is 8.94. The summed E-state index contributed by atoms with van der Waals surface area (Å²) in [5.74, 6) is 0.308. The van der Waals surface area contributed by atoms with E-state index in [0.29, 0.717) is 21.4 Å². The van der Waals surface area contributed by atoms with Crippen LogP contribution in [0.15, 0.2) is 88.1 Å². The van der Waals surface area contributed by atoms with Crippen LogP contribution >= 0.6 is 0 Å². The topological polar surface area (TPSA) is 94.6 Å². The number of nitrogens with one attached hydrogen (secondary N) is 1. The van der Waals surface area contributed by atoms with E-state index in [0.717, 1.165) is 5.56 Å². The number of oxazole rings is 1. The van der Waals surface area contributed by atoms with Gasteiger partial charge in [0.2, 0.25) is 5.89 Å². The van der Waals surface area contributed by atoms with E-state index in [2.05, 4.69) is 15.1 Å². The Balaban J connectivity index is 1.58. The molecule has 0 bridgehead atoms. The van der Waals surface area contributed by atoms with Gasteiger partial charge in [-0.2, -0.15) is 22.8 Å². The smallest absolute Gasteiger partial charge is 0.435 e. The van der Waals surface area contributed by atoms with Crippen molar-refractivity contribution in [3.05, 3.63) is 106 Å². The molecule has 0 aliphatic heterocycles. The van der Waals surface area contributed by atoms with E-state index in [9.17, 15) is 18.0 Å². The number of alkyl halides is 3. The highest BCUT2D eigenvalue weighted by Crippen LogP contribution is 2.39. The van der Waals surface area contributed by atoms with Gasteiger partial charge in [0.1, 0.15) is 17.0 Å². The van der Waals surface area contributed by atoms with Gasteiger partial charge in [0.15, 0.2) is 16.8 Å². The van der Waals surface area contributed by atoms with Gasteiger partial charge in [0.25, 0.3) is 5.56 Å². The number of H-pyrrole nitrogens is 1. The maximum absolute atomic E-state index is 14.2. The molecular formula is C29H21F3N4O4. The molecule has 202 valence electrons. The molecule has 3 aromatic carbocycles. The van der Waals surface area contributed by atoms with Crippen LogP contribution in [-0.4, -0.2) is 26.7 Å². The van der Waals surface area contributed by atoms with Crippen molar-refractivity contribution in [1.82, 2.24) is 19.6 Å².